The first-order valence-electron chi connectivity index (χ1n) is 8.36. The Balaban J connectivity index is 1.97. The summed E-state index contributed by atoms with van der Waals surface area (Å²) in [7, 11) is -4.08. The predicted molar refractivity (Wildman–Crippen MR) is 98.9 cm³/mol. The van der Waals surface area contributed by atoms with Gasteiger partial charge in [0.2, 0.25) is 0 Å². The molecule has 134 valence electrons. The van der Waals surface area contributed by atoms with E-state index in [0.29, 0.717) is 16.6 Å². The molecule has 5 nitrogen and oxygen atoms in total. The van der Waals surface area contributed by atoms with E-state index in [2.05, 4.69) is 10.3 Å². The molecular formula is C19H18FN3O2S. The summed E-state index contributed by atoms with van der Waals surface area (Å²) in [5, 5.41) is 3.24. The third kappa shape index (κ3) is 2.73. The minimum Gasteiger partial charge on any atom is -0.313 e. The Hall–Kier alpha value is -2.51. The molecule has 0 aliphatic carbocycles. The van der Waals surface area contributed by atoms with E-state index in [1.807, 2.05) is 6.08 Å². The van der Waals surface area contributed by atoms with Crippen LogP contribution in [0.3, 0.4) is 0 Å². The minimum absolute atomic E-state index is 0.330. The maximum atomic E-state index is 14.3. The Bertz CT molecular complexity index is 1130. The van der Waals surface area contributed by atoms with Gasteiger partial charge in [0, 0.05) is 24.5 Å². The van der Waals surface area contributed by atoms with E-state index in [9.17, 15) is 12.8 Å². The van der Waals surface area contributed by atoms with Crippen LogP contribution in [0.5, 0.6) is 0 Å². The van der Waals surface area contributed by atoms with Crippen LogP contribution in [-0.4, -0.2) is 30.5 Å². The Morgan fingerprint density at radius 1 is 1.27 bits per heavy atom. The quantitative estimate of drug-likeness (QED) is 0.768. The predicted octanol–water partition coefficient (Wildman–Crippen LogP) is 3.10. The molecule has 1 aliphatic heterocycles. The first-order chi connectivity index (χ1) is 12.5. The summed E-state index contributed by atoms with van der Waals surface area (Å²) in [5.41, 5.74) is 3.56. The first-order valence-corrected chi connectivity index (χ1v) is 9.80. The maximum absolute atomic E-state index is 14.3. The van der Waals surface area contributed by atoms with Crippen LogP contribution >= 0.6 is 0 Å². The molecule has 0 amide bonds. The molecule has 1 aliphatic rings. The molecule has 1 N–H and O–H groups in total. The highest BCUT2D eigenvalue weighted by Gasteiger charge is 2.26. The van der Waals surface area contributed by atoms with Crippen LogP contribution in [0.25, 0.3) is 16.6 Å². The summed E-state index contributed by atoms with van der Waals surface area (Å²) in [6, 6.07) is 7.47. The molecular weight excluding hydrogens is 353 g/mol. The van der Waals surface area contributed by atoms with Gasteiger partial charge in [-0.05, 0) is 55.3 Å². The van der Waals surface area contributed by atoms with Crippen molar-refractivity contribution in [2.24, 2.45) is 0 Å². The fraction of sp³-hybridized carbons (Fsp3) is 0.211. The van der Waals surface area contributed by atoms with Crippen LogP contribution in [0, 0.1) is 12.7 Å². The van der Waals surface area contributed by atoms with Gasteiger partial charge in [-0.25, -0.2) is 16.8 Å². The Morgan fingerprint density at radius 3 is 2.88 bits per heavy atom. The van der Waals surface area contributed by atoms with Crippen molar-refractivity contribution in [3.63, 3.8) is 0 Å². The normalized spacial score (nSPS) is 15.2. The second kappa shape index (κ2) is 6.34. The third-order valence-electron chi connectivity index (χ3n) is 4.56. The zero-order chi connectivity index (χ0) is 18.3. The van der Waals surface area contributed by atoms with Crippen LogP contribution in [0.4, 0.5) is 4.39 Å². The van der Waals surface area contributed by atoms with Crippen molar-refractivity contribution in [2.45, 2.75) is 18.2 Å². The number of halogens is 1. The molecule has 0 atom stereocenters. The average Bonchev–Trinajstić information content (AvgIpc) is 3.05. The van der Waals surface area contributed by atoms with Crippen LogP contribution < -0.4 is 5.32 Å². The topological polar surface area (TPSA) is 64.0 Å². The van der Waals surface area contributed by atoms with Crippen LogP contribution in [0.15, 0.2) is 53.7 Å². The van der Waals surface area contributed by atoms with E-state index >= 15 is 0 Å². The number of aryl methyl sites for hydroxylation is 1. The second-order valence-electron chi connectivity index (χ2n) is 6.33. The molecule has 0 fully saturated rings. The van der Waals surface area contributed by atoms with Crippen molar-refractivity contribution >= 4 is 26.6 Å². The van der Waals surface area contributed by atoms with Gasteiger partial charge < -0.3 is 5.32 Å². The summed E-state index contributed by atoms with van der Waals surface area (Å²) in [5.74, 6) is -0.760. The molecule has 0 bridgehead atoms. The summed E-state index contributed by atoms with van der Waals surface area (Å²) < 4.78 is 41.8. The molecule has 2 aromatic heterocycles. The summed E-state index contributed by atoms with van der Waals surface area (Å²) >= 11 is 0. The van der Waals surface area contributed by atoms with Gasteiger partial charge >= 0.3 is 0 Å². The number of hydrogen-bond acceptors (Lipinski definition) is 4. The molecule has 4 rings (SSSR count). The fourth-order valence-corrected chi connectivity index (χ4v) is 4.76. The molecule has 0 saturated heterocycles. The number of hydrogen-bond donors (Lipinski definition) is 1. The van der Waals surface area contributed by atoms with Crippen molar-refractivity contribution < 1.29 is 12.8 Å². The number of fused-ring (bicyclic) bond motifs is 1. The highest BCUT2D eigenvalue weighted by Crippen LogP contribution is 2.31. The van der Waals surface area contributed by atoms with Crippen LogP contribution in [-0.2, 0) is 10.0 Å². The minimum atomic E-state index is -4.08. The van der Waals surface area contributed by atoms with Crippen LogP contribution in [0.2, 0.25) is 0 Å². The number of rotatable bonds is 3. The van der Waals surface area contributed by atoms with Crippen LogP contribution in [0.1, 0.15) is 17.5 Å². The van der Waals surface area contributed by atoms with E-state index in [1.54, 1.807) is 37.5 Å². The SMILES string of the molecule is Cc1ccc(F)c(S(=O)(=O)n2cc(C3=CCNCC3)c3ncccc32)c1. The van der Waals surface area contributed by atoms with Crippen molar-refractivity contribution in [1.82, 2.24) is 14.3 Å². The van der Waals surface area contributed by atoms with Crippen molar-refractivity contribution in [3.05, 3.63) is 65.7 Å². The zero-order valence-electron chi connectivity index (χ0n) is 14.2. The van der Waals surface area contributed by atoms with E-state index in [0.717, 1.165) is 34.6 Å². The highest BCUT2D eigenvalue weighted by atomic mass is 32.2. The molecule has 0 saturated carbocycles. The fourth-order valence-electron chi connectivity index (χ4n) is 3.25. The molecule has 0 radical (unpaired) electrons. The molecule has 0 spiro atoms. The number of nitrogens with zero attached hydrogens (tertiary/aromatic N) is 2. The molecule has 3 heterocycles. The van der Waals surface area contributed by atoms with Gasteiger partial charge in [0.05, 0.1) is 11.0 Å². The number of benzene rings is 1. The van der Waals surface area contributed by atoms with Gasteiger partial charge in [-0.3, -0.25) is 4.98 Å². The summed E-state index contributed by atoms with van der Waals surface area (Å²) in [6.07, 6.45) is 6.02. The Morgan fingerprint density at radius 2 is 2.12 bits per heavy atom. The van der Waals surface area contributed by atoms with Gasteiger partial charge in [0.1, 0.15) is 10.7 Å². The van der Waals surface area contributed by atoms with E-state index in [-0.39, 0.29) is 4.90 Å². The average molecular weight is 371 g/mol. The standard InChI is InChI=1S/C19H18FN3O2S/c1-13-4-5-16(20)18(11-13)26(24,25)23-12-15(14-6-9-21-10-7-14)19-17(23)3-2-8-22-19/h2-6,8,11-12,21H,7,9-10H2,1H3. The van der Waals surface area contributed by atoms with Crippen molar-refractivity contribution in [3.8, 4) is 0 Å². The molecule has 7 heteroatoms. The highest BCUT2D eigenvalue weighted by molar-refractivity contribution is 7.90. The van der Waals surface area contributed by atoms with Crippen molar-refractivity contribution in [1.29, 1.82) is 0 Å². The first kappa shape index (κ1) is 16.9. The number of aromatic nitrogens is 2. The lowest BCUT2D eigenvalue weighted by atomic mass is 10.0. The zero-order valence-corrected chi connectivity index (χ0v) is 15.1. The van der Waals surface area contributed by atoms with Gasteiger partial charge in [-0.2, -0.15) is 0 Å². The maximum Gasteiger partial charge on any atom is 0.271 e. The lowest BCUT2D eigenvalue weighted by molar-refractivity contribution is 0.561. The lowest BCUT2D eigenvalue weighted by Gasteiger charge is -2.12. The smallest absolute Gasteiger partial charge is 0.271 e. The molecule has 1 aromatic carbocycles. The lowest BCUT2D eigenvalue weighted by Crippen LogP contribution is -2.20. The number of nitrogens with one attached hydrogen (secondary N) is 1. The van der Waals surface area contributed by atoms with Gasteiger partial charge in [-0.15, -0.1) is 0 Å². The molecule has 0 unspecified atom stereocenters. The number of pyridine rings is 1. The third-order valence-corrected chi connectivity index (χ3v) is 6.25. The van der Waals surface area contributed by atoms with E-state index < -0.39 is 15.8 Å². The van der Waals surface area contributed by atoms with Gasteiger partial charge in [0.25, 0.3) is 10.0 Å². The monoisotopic (exact) mass is 371 g/mol. The summed E-state index contributed by atoms with van der Waals surface area (Å²) in [4.78, 5) is 4.05. The van der Waals surface area contributed by atoms with E-state index in [1.165, 1.54) is 12.1 Å². The Kier molecular flexibility index (Phi) is 4.13. The summed E-state index contributed by atoms with van der Waals surface area (Å²) in [6.45, 7) is 3.29. The largest absolute Gasteiger partial charge is 0.313 e. The van der Waals surface area contributed by atoms with Crippen molar-refractivity contribution in [2.75, 3.05) is 13.1 Å². The van der Waals surface area contributed by atoms with Gasteiger partial charge in [-0.1, -0.05) is 12.1 Å². The van der Waals surface area contributed by atoms with E-state index in [4.69, 9.17) is 0 Å². The Labute approximate surface area is 151 Å². The molecule has 3 aromatic rings. The second-order valence-corrected chi connectivity index (χ2v) is 8.12. The van der Waals surface area contributed by atoms with Gasteiger partial charge in [0.15, 0.2) is 0 Å². The molecule has 26 heavy (non-hydrogen) atoms.